The van der Waals surface area contributed by atoms with Gasteiger partial charge in [0.15, 0.2) is 11.5 Å². The molecule has 3 atom stereocenters. The molecule has 0 N–H and O–H groups in total. The molecule has 2 heterocycles. The number of para-hydroxylation sites is 1. The molecule has 0 saturated carbocycles. The zero-order valence-corrected chi connectivity index (χ0v) is 15.2. The normalized spacial score (nSPS) is 26.9. The van der Waals surface area contributed by atoms with Crippen LogP contribution in [0.3, 0.4) is 0 Å². The van der Waals surface area contributed by atoms with Crippen LogP contribution < -0.4 is 9.47 Å². The minimum absolute atomic E-state index is 0.0399. The number of hydrogen-bond acceptors (Lipinski definition) is 3. The lowest BCUT2D eigenvalue weighted by atomic mass is 9.74. The molecule has 0 radical (unpaired) electrons. The van der Waals surface area contributed by atoms with Gasteiger partial charge in [-0.2, -0.15) is 0 Å². The van der Waals surface area contributed by atoms with Gasteiger partial charge in [-0.25, -0.2) is 0 Å². The quantitative estimate of drug-likeness (QED) is 0.743. The van der Waals surface area contributed by atoms with E-state index in [1.165, 1.54) is 5.56 Å². The van der Waals surface area contributed by atoms with Crippen molar-refractivity contribution in [1.82, 2.24) is 0 Å². The van der Waals surface area contributed by atoms with Crippen LogP contribution in [0.1, 0.15) is 56.9 Å². The van der Waals surface area contributed by atoms with Crippen molar-refractivity contribution >= 4 is 0 Å². The van der Waals surface area contributed by atoms with Crippen molar-refractivity contribution in [2.75, 3.05) is 6.61 Å². The Morgan fingerprint density at radius 2 is 1.84 bits per heavy atom. The molecule has 132 valence electrons. The fourth-order valence-electron chi connectivity index (χ4n) is 4.21. The van der Waals surface area contributed by atoms with Gasteiger partial charge in [-0.3, -0.25) is 0 Å². The van der Waals surface area contributed by atoms with Crippen LogP contribution in [0.25, 0.3) is 0 Å². The van der Waals surface area contributed by atoms with Gasteiger partial charge in [0.1, 0.15) is 5.60 Å². The van der Waals surface area contributed by atoms with Crippen molar-refractivity contribution in [3.8, 4) is 11.5 Å². The van der Waals surface area contributed by atoms with Crippen LogP contribution in [0.5, 0.6) is 11.5 Å². The van der Waals surface area contributed by atoms with Crippen molar-refractivity contribution in [3.63, 3.8) is 0 Å². The Hall–Kier alpha value is -2.00. The van der Waals surface area contributed by atoms with Crippen LogP contribution in [0.2, 0.25) is 0 Å². The minimum Gasteiger partial charge on any atom is -0.490 e. The van der Waals surface area contributed by atoms with Crippen LogP contribution in [0.4, 0.5) is 0 Å². The van der Waals surface area contributed by atoms with E-state index in [0.717, 1.165) is 29.9 Å². The highest BCUT2D eigenvalue weighted by atomic mass is 16.5. The molecule has 2 aromatic carbocycles. The molecular formula is C22H26O3. The molecule has 2 aliphatic heterocycles. The lowest BCUT2D eigenvalue weighted by Gasteiger charge is -2.49. The summed E-state index contributed by atoms with van der Waals surface area (Å²) in [6.45, 7) is 6.96. The largest absolute Gasteiger partial charge is 0.490 e. The van der Waals surface area contributed by atoms with Crippen LogP contribution in [-0.4, -0.2) is 12.2 Å². The number of ether oxygens (including phenoxy) is 3. The van der Waals surface area contributed by atoms with Crippen LogP contribution in [0, 0.1) is 5.92 Å². The summed E-state index contributed by atoms with van der Waals surface area (Å²) >= 11 is 0. The van der Waals surface area contributed by atoms with Crippen LogP contribution >= 0.6 is 0 Å². The standard InChI is InChI=1S/C22H26O3/c1-4-23-19-12-8-11-16-20-17(22(2,3)25-21(16)19)13-14-18(24-20)15-9-6-5-7-10-15/h5-12,17-18,20H,4,13-14H2,1-3H3/t17-,18+,20+/m0/s1. The average molecular weight is 338 g/mol. The first-order chi connectivity index (χ1) is 12.1. The smallest absolute Gasteiger partial charge is 0.167 e. The maximum absolute atomic E-state index is 6.64. The highest BCUT2D eigenvalue weighted by Crippen LogP contribution is 2.55. The molecule has 4 rings (SSSR count). The zero-order valence-electron chi connectivity index (χ0n) is 15.2. The van der Waals surface area contributed by atoms with Gasteiger partial charge >= 0.3 is 0 Å². The molecule has 1 fully saturated rings. The molecule has 0 amide bonds. The van der Waals surface area contributed by atoms with E-state index < -0.39 is 0 Å². The Morgan fingerprint density at radius 1 is 1.04 bits per heavy atom. The third kappa shape index (κ3) is 2.91. The predicted octanol–water partition coefficient (Wildman–Crippen LogP) is 5.47. The van der Waals surface area contributed by atoms with Gasteiger partial charge in [-0.15, -0.1) is 0 Å². The fraction of sp³-hybridized carbons (Fsp3) is 0.455. The van der Waals surface area contributed by atoms with Crippen LogP contribution in [0.15, 0.2) is 48.5 Å². The first-order valence-electron chi connectivity index (χ1n) is 9.25. The molecule has 2 aromatic rings. The Balaban J connectivity index is 1.72. The van der Waals surface area contributed by atoms with Crippen LogP contribution in [-0.2, 0) is 4.74 Å². The predicted molar refractivity (Wildman–Crippen MR) is 98.1 cm³/mol. The summed E-state index contributed by atoms with van der Waals surface area (Å²) in [6.07, 6.45) is 2.30. The van der Waals surface area contributed by atoms with E-state index in [1.807, 2.05) is 19.1 Å². The number of hydrogen-bond donors (Lipinski definition) is 0. The summed E-state index contributed by atoms with van der Waals surface area (Å²) in [4.78, 5) is 0. The van der Waals surface area contributed by atoms with Gasteiger partial charge < -0.3 is 14.2 Å². The minimum atomic E-state index is -0.271. The summed E-state index contributed by atoms with van der Waals surface area (Å²) in [7, 11) is 0. The molecule has 0 unspecified atom stereocenters. The van der Waals surface area contributed by atoms with Crippen molar-refractivity contribution in [2.24, 2.45) is 5.92 Å². The van der Waals surface area contributed by atoms with E-state index in [1.54, 1.807) is 0 Å². The second kappa shape index (κ2) is 6.38. The second-order valence-corrected chi connectivity index (χ2v) is 7.45. The summed E-state index contributed by atoms with van der Waals surface area (Å²) in [5.74, 6) is 2.01. The Kier molecular flexibility index (Phi) is 4.20. The molecular weight excluding hydrogens is 312 g/mol. The van der Waals surface area contributed by atoms with Crippen molar-refractivity contribution in [3.05, 3.63) is 59.7 Å². The van der Waals surface area contributed by atoms with Crippen molar-refractivity contribution in [2.45, 2.75) is 51.4 Å². The summed E-state index contributed by atoms with van der Waals surface area (Å²) in [6, 6.07) is 16.7. The summed E-state index contributed by atoms with van der Waals surface area (Å²) in [5.41, 5.74) is 2.11. The van der Waals surface area contributed by atoms with Gasteiger partial charge in [0.05, 0.1) is 18.8 Å². The average Bonchev–Trinajstić information content (AvgIpc) is 2.63. The number of rotatable bonds is 3. The third-order valence-corrected chi connectivity index (χ3v) is 5.46. The van der Waals surface area contributed by atoms with E-state index in [-0.39, 0.29) is 17.8 Å². The fourth-order valence-corrected chi connectivity index (χ4v) is 4.21. The highest BCUT2D eigenvalue weighted by Gasteiger charge is 2.48. The third-order valence-electron chi connectivity index (χ3n) is 5.46. The van der Waals surface area contributed by atoms with Crippen molar-refractivity contribution in [1.29, 1.82) is 0 Å². The van der Waals surface area contributed by atoms with E-state index >= 15 is 0 Å². The molecule has 0 spiro atoms. The summed E-state index contributed by atoms with van der Waals surface area (Å²) in [5, 5.41) is 0. The number of fused-ring (bicyclic) bond motifs is 3. The van der Waals surface area contributed by atoms with Gasteiger partial charge in [0.2, 0.25) is 0 Å². The maximum atomic E-state index is 6.64. The van der Waals surface area contributed by atoms with E-state index in [2.05, 4.69) is 50.2 Å². The number of benzene rings is 2. The first kappa shape index (κ1) is 16.5. The molecule has 3 heteroatoms. The SMILES string of the molecule is CCOc1cccc2c1OC(C)(C)[C@H]1CC[C@H](c3ccccc3)O[C@H]21. The van der Waals surface area contributed by atoms with E-state index in [9.17, 15) is 0 Å². The van der Waals surface area contributed by atoms with Gasteiger partial charge in [0, 0.05) is 11.5 Å². The zero-order chi connectivity index (χ0) is 17.4. The molecule has 25 heavy (non-hydrogen) atoms. The molecule has 1 saturated heterocycles. The van der Waals surface area contributed by atoms with E-state index in [0.29, 0.717) is 12.5 Å². The lowest BCUT2D eigenvalue weighted by Crippen LogP contribution is -2.47. The van der Waals surface area contributed by atoms with E-state index in [4.69, 9.17) is 14.2 Å². The second-order valence-electron chi connectivity index (χ2n) is 7.45. The Bertz CT molecular complexity index is 738. The van der Waals surface area contributed by atoms with Gasteiger partial charge in [0.25, 0.3) is 0 Å². The molecule has 3 nitrogen and oxygen atoms in total. The molecule has 0 bridgehead atoms. The highest BCUT2D eigenvalue weighted by molar-refractivity contribution is 5.50. The lowest BCUT2D eigenvalue weighted by molar-refractivity contribution is -0.152. The first-order valence-corrected chi connectivity index (χ1v) is 9.25. The molecule has 0 aliphatic carbocycles. The maximum Gasteiger partial charge on any atom is 0.167 e. The molecule has 2 aliphatic rings. The van der Waals surface area contributed by atoms with Crippen molar-refractivity contribution < 1.29 is 14.2 Å². The molecule has 0 aromatic heterocycles. The monoisotopic (exact) mass is 338 g/mol. The van der Waals surface area contributed by atoms with Gasteiger partial charge in [-0.05, 0) is 45.2 Å². The van der Waals surface area contributed by atoms with Gasteiger partial charge in [-0.1, -0.05) is 42.5 Å². The topological polar surface area (TPSA) is 27.7 Å². The Morgan fingerprint density at radius 3 is 2.60 bits per heavy atom. The Labute approximate surface area is 149 Å². The summed E-state index contributed by atoms with van der Waals surface area (Å²) < 4.78 is 18.9.